The molecule has 92 valence electrons. The van der Waals surface area contributed by atoms with Crippen molar-refractivity contribution < 1.29 is 9.18 Å². The molecule has 18 heavy (non-hydrogen) atoms. The molecule has 0 saturated heterocycles. The van der Waals surface area contributed by atoms with Crippen LogP contribution in [-0.2, 0) is 0 Å². The summed E-state index contributed by atoms with van der Waals surface area (Å²) in [5.41, 5.74) is 0.856. The van der Waals surface area contributed by atoms with Gasteiger partial charge in [0.05, 0.1) is 0 Å². The van der Waals surface area contributed by atoms with Gasteiger partial charge in [-0.1, -0.05) is 0 Å². The first-order valence-corrected chi connectivity index (χ1v) is 6.15. The maximum absolute atomic E-state index is 13.5. The summed E-state index contributed by atoms with van der Waals surface area (Å²) in [5.74, 6) is -0.550. The lowest BCUT2D eigenvalue weighted by Crippen LogP contribution is -1.99. The molecule has 0 aliphatic carbocycles. The largest absolute Gasteiger partial charge is 0.294 e. The molecule has 0 radical (unpaired) electrons. The van der Waals surface area contributed by atoms with Crippen molar-refractivity contribution in [2.24, 2.45) is 0 Å². The van der Waals surface area contributed by atoms with Gasteiger partial charge in [0, 0.05) is 22.9 Å². The van der Waals surface area contributed by atoms with Gasteiger partial charge in [0.1, 0.15) is 5.82 Å². The van der Waals surface area contributed by atoms with Crippen LogP contribution in [0.25, 0.3) is 0 Å². The lowest BCUT2D eigenvalue weighted by Gasteiger charge is -2.07. The zero-order valence-electron chi connectivity index (χ0n) is 9.98. The molecule has 1 heterocycles. The minimum absolute atomic E-state index is 0.174. The highest BCUT2D eigenvalue weighted by Crippen LogP contribution is 2.30. The highest BCUT2D eigenvalue weighted by molar-refractivity contribution is 7.99. The quantitative estimate of drug-likeness (QED) is 0.629. The molecular weight excluding hydrogens is 251 g/mol. The van der Waals surface area contributed by atoms with Crippen LogP contribution in [0, 0.1) is 12.7 Å². The summed E-state index contributed by atoms with van der Waals surface area (Å²) >= 11 is 1.26. The van der Waals surface area contributed by atoms with Crippen LogP contribution in [0.5, 0.6) is 0 Å². The molecule has 0 bridgehead atoms. The molecule has 1 aromatic heterocycles. The van der Waals surface area contributed by atoms with Crippen LogP contribution >= 0.6 is 11.8 Å². The van der Waals surface area contributed by atoms with Crippen LogP contribution in [0.4, 0.5) is 4.39 Å². The van der Waals surface area contributed by atoms with E-state index in [-0.39, 0.29) is 11.6 Å². The number of hydrogen-bond donors (Lipinski definition) is 0. The first-order chi connectivity index (χ1) is 8.58. The van der Waals surface area contributed by atoms with Crippen molar-refractivity contribution in [3.63, 3.8) is 0 Å². The third kappa shape index (κ3) is 2.73. The molecule has 0 atom stereocenters. The molecule has 0 spiro atoms. The van der Waals surface area contributed by atoms with Gasteiger partial charge >= 0.3 is 0 Å². The van der Waals surface area contributed by atoms with Crippen molar-refractivity contribution in [1.29, 1.82) is 0 Å². The molecule has 0 aliphatic heterocycles. The smallest absolute Gasteiger partial charge is 0.192 e. The van der Waals surface area contributed by atoms with Gasteiger partial charge in [0.2, 0.25) is 0 Å². The molecule has 0 amide bonds. The Hall–Kier alpha value is -1.75. The predicted octanol–water partition coefficient (Wildman–Crippen LogP) is 3.28. The van der Waals surface area contributed by atoms with Crippen LogP contribution in [-0.4, -0.2) is 15.8 Å². The summed E-state index contributed by atoms with van der Waals surface area (Å²) in [6.45, 7) is 3.08. The number of nitrogens with zero attached hydrogens (tertiary/aromatic N) is 2. The number of ketones is 1. The normalized spacial score (nSPS) is 10.4. The predicted molar refractivity (Wildman–Crippen MR) is 67.3 cm³/mol. The van der Waals surface area contributed by atoms with E-state index in [0.29, 0.717) is 21.2 Å². The van der Waals surface area contributed by atoms with Gasteiger partial charge in [0.25, 0.3) is 0 Å². The van der Waals surface area contributed by atoms with Crippen LogP contribution in [0.2, 0.25) is 0 Å². The Morgan fingerprint density at radius 2 is 1.94 bits per heavy atom. The zero-order valence-corrected chi connectivity index (χ0v) is 10.8. The second-order valence-electron chi connectivity index (χ2n) is 3.79. The van der Waals surface area contributed by atoms with Crippen LogP contribution < -0.4 is 0 Å². The van der Waals surface area contributed by atoms with E-state index in [4.69, 9.17) is 0 Å². The maximum atomic E-state index is 13.5. The van der Waals surface area contributed by atoms with Gasteiger partial charge in [-0.3, -0.25) is 4.79 Å². The molecule has 3 nitrogen and oxygen atoms in total. The van der Waals surface area contributed by atoms with Gasteiger partial charge in [-0.05, 0) is 49.4 Å². The topological polar surface area (TPSA) is 42.9 Å². The molecule has 2 rings (SSSR count). The monoisotopic (exact) mass is 262 g/mol. The van der Waals surface area contributed by atoms with E-state index in [2.05, 4.69) is 9.97 Å². The number of halogens is 1. The molecule has 0 fully saturated rings. The van der Waals surface area contributed by atoms with E-state index in [9.17, 15) is 9.18 Å². The first-order valence-electron chi connectivity index (χ1n) is 5.34. The van der Waals surface area contributed by atoms with E-state index >= 15 is 0 Å². The number of hydrogen-bond acceptors (Lipinski definition) is 4. The lowest BCUT2D eigenvalue weighted by atomic mass is 10.1. The van der Waals surface area contributed by atoms with Crippen molar-refractivity contribution >= 4 is 17.5 Å². The Bertz CT molecular complexity index is 587. The Kier molecular flexibility index (Phi) is 3.72. The van der Waals surface area contributed by atoms with Crippen molar-refractivity contribution in [2.75, 3.05) is 0 Å². The SMILES string of the molecule is CC(=O)c1cc(F)c(C)cc1Sc1ncccn1. The Labute approximate surface area is 108 Å². The second kappa shape index (κ2) is 5.27. The molecule has 0 N–H and O–H groups in total. The summed E-state index contributed by atoms with van der Waals surface area (Å²) < 4.78 is 13.5. The van der Waals surface area contributed by atoms with Gasteiger partial charge in [-0.25, -0.2) is 14.4 Å². The average Bonchev–Trinajstić information content (AvgIpc) is 2.34. The van der Waals surface area contributed by atoms with Gasteiger partial charge in [-0.15, -0.1) is 0 Å². The van der Waals surface area contributed by atoms with Gasteiger partial charge in [-0.2, -0.15) is 0 Å². The standard InChI is InChI=1S/C13H11FN2OS/c1-8-6-12(10(9(2)17)7-11(8)14)18-13-15-4-3-5-16-13/h3-7H,1-2H3. The molecule has 0 aliphatic rings. The Morgan fingerprint density at radius 3 is 2.56 bits per heavy atom. The lowest BCUT2D eigenvalue weighted by molar-refractivity contribution is 0.101. The number of benzene rings is 1. The third-order valence-electron chi connectivity index (χ3n) is 2.38. The third-order valence-corrected chi connectivity index (χ3v) is 3.33. The van der Waals surface area contributed by atoms with Crippen LogP contribution in [0.3, 0.4) is 0 Å². The highest BCUT2D eigenvalue weighted by Gasteiger charge is 2.13. The van der Waals surface area contributed by atoms with E-state index in [1.807, 2.05) is 0 Å². The van der Waals surface area contributed by atoms with Crippen LogP contribution in [0.1, 0.15) is 22.8 Å². The Morgan fingerprint density at radius 1 is 1.28 bits per heavy atom. The number of carbonyl (C=O) groups is 1. The molecular formula is C13H11FN2OS. The van der Waals surface area contributed by atoms with Gasteiger partial charge in [0.15, 0.2) is 10.9 Å². The van der Waals surface area contributed by atoms with E-state index in [0.717, 1.165) is 0 Å². The molecule has 1 aromatic carbocycles. The summed E-state index contributed by atoms with van der Waals surface area (Å²) in [7, 11) is 0. The molecule has 5 heteroatoms. The fraction of sp³-hybridized carbons (Fsp3) is 0.154. The number of carbonyl (C=O) groups excluding carboxylic acids is 1. The van der Waals surface area contributed by atoms with Crippen molar-refractivity contribution in [1.82, 2.24) is 9.97 Å². The van der Waals surface area contributed by atoms with Crippen molar-refractivity contribution in [2.45, 2.75) is 23.9 Å². The number of aromatic nitrogens is 2. The van der Waals surface area contributed by atoms with Crippen molar-refractivity contribution in [3.05, 3.63) is 47.5 Å². The Balaban J connectivity index is 2.43. The fourth-order valence-corrected chi connectivity index (χ4v) is 2.42. The summed E-state index contributed by atoms with van der Waals surface area (Å²) in [6.07, 6.45) is 3.25. The zero-order chi connectivity index (χ0) is 13.1. The summed E-state index contributed by atoms with van der Waals surface area (Å²) in [4.78, 5) is 20.3. The summed E-state index contributed by atoms with van der Waals surface area (Å²) in [5, 5.41) is 0.533. The number of aryl methyl sites for hydroxylation is 1. The fourth-order valence-electron chi connectivity index (χ4n) is 1.45. The second-order valence-corrected chi connectivity index (χ2v) is 4.80. The van der Waals surface area contributed by atoms with Crippen LogP contribution in [0.15, 0.2) is 40.6 Å². The number of rotatable bonds is 3. The molecule has 2 aromatic rings. The first kappa shape index (κ1) is 12.7. The summed E-state index contributed by atoms with van der Waals surface area (Å²) in [6, 6.07) is 4.63. The molecule has 0 unspecified atom stereocenters. The minimum Gasteiger partial charge on any atom is -0.294 e. The van der Waals surface area contributed by atoms with E-state index < -0.39 is 0 Å². The number of Topliss-reactive ketones (excluding diaryl/α,β-unsaturated/α-hetero) is 1. The van der Waals surface area contributed by atoms with E-state index in [1.165, 1.54) is 24.8 Å². The van der Waals surface area contributed by atoms with Crippen molar-refractivity contribution in [3.8, 4) is 0 Å². The molecule has 0 saturated carbocycles. The maximum Gasteiger partial charge on any atom is 0.192 e. The minimum atomic E-state index is -0.376. The van der Waals surface area contributed by atoms with E-state index in [1.54, 1.807) is 31.5 Å². The highest BCUT2D eigenvalue weighted by atomic mass is 32.2. The van der Waals surface area contributed by atoms with Gasteiger partial charge < -0.3 is 0 Å². The average molecular weight is 262 g/mol.